The zero-order valence-electron chi connectivity index (χ0n) is 25.0. The zero-order valence-corrected chi connectivity index (χ0v) is 25.9. The molecular formula is C42H32N2S. The van der Waals surface area contributed by atoms with Gasteiger partial charge in [0.1, 0.15) is 0 Å². The Morgan fingerprint density at radius 3 is 2.38 bits per heavy atom. The van der Waals surface area contributed by atoms with Crippen molar-refractivity contribution in [3.05, 3.63) is 138 Å². The lowest BCUT2D eigenvalue weighted by molar-refractivity contribution is 0.960. The highest BCUT2D eigenvalue weighted by Gasteiger charge is 2.31. The van der Waals surface area contributed by atoms with E-state index in [0.717, 1.165) is 32.1 Å². The normalized spacial score (nSPS) is 18.4. The molecule has 0 saturated heterocycles. The summed E-state index contributed by atoms with van der Waals surface area (Å²) < 4.78 is 4.98. The SMILES string of the molecule is C1=CCC2Sc3c(cccc3-n3c4c(c5cc(-c6ccc7c(c6)c6ccccc6n7C6=CCCC=C6)ccc53)CCC=C4)C2=C1. The van der Waals surface area contributed by atoms with Crippen LogP contribution in [0.5, 0.6) is 0 Å². The Morgan fingerprint density at radius 2 is 1.49 bits per heavy atom. The standard InChI is InChI=1S/C42H32N2S/c1-2-11-29(12-3-1)43-36-17-7-4-13-30(36)34-25-27(21-23-38(34)43)28-22-24-39-35(26-28)31-14-5-8-18-37(31)44(39)40-19-10-16-33-32-15-6-9-20-41(32)45-42(33)40/h2,4,6-13,15-19,21-26,41H,1,3,5,14,20H2. The molecule has 216 valence electrons. The van der Waals surface area contributed by atoms with Gasteiger partial charge in [-0.2, -0.15) is 0 Å². The molecule has 1 aliphatic heterocycles. The summed E-state index contributed by atoms with van der Waals surface area (Å²) in [6, 6.07) is 30.0. The fourth-order valence-corrected chi connectivity index (χ4v) is 9.47. The van der Waals surface area contributed by atoms with Gasteiger partial charge < -0.3 is 9.13 Å². The molecule has 0 amide bonds. The van der Waals surface area contributed by atoms with Gasteiger partial charge in [-0.3, -0.25) is 0 Å². The fourth-order valence-electron chi connectivity index (χ4n) is 8.05. The highest BCUT2D eigenvalue weighted by atomic mass is 32.2. The Labute approximate surface area is 267 Å². The molecule has 0 saturated carbocycles. The Hall–Kier alpha value is -4.73. The van der Waals surface area contributed by atoms with Crippen LogP contribution in [0.4, 0.5) is 0 Å². The molecule has 2 aromatic heterocycles. The quantitative estimate of drug-likeness (QED) is 0.198. The molecule has 2 nitrogen and oxygen atoms in total. The van der Waals surface area contributed by atoms with Crippen molar-refractivity contribution in [2.45, 2.75) is 42.2 Å². The highest BCUT2D eigenvalue weighted by Crippen LogP contribution is 2.51. The number of aromatic nitrogens is 2. The molecule has 0 fully saturated rings. The van der Waals surface area contributed by atoms with Crippen molar-refractivity contribution in [1.82, 2.24) is 9.13 Å². The largest absolute Gasteiger partial charge is 0.310 e. The lowest BCUT2D eigenvalue weighted by Gasteiger charge is -2.15. The smallest absolute Gasteiger partial charge is 0.0604 e. The first-order valence-electron chi connectivity index (χ1n) is 16.3. The first kappa shape index (κ1) is 25.6. The first-order valence-corrected chi connectivity index (χ1v) is 17.1. The first-order chi connectivity index (χ1) is 22.3. The van der Waals surface area contributed by atoms with Crippen LogP contribution in [-0.4, -0.2) is 14.4 Å². The summed E-state index contributed by atoms with van der Waals surface area (Å²) in [5.74, 6) is 0. The van der Waals surface area contributed by atoms with Crippen molar-refractivity contribution >= 4 is 61.8 Å². The average molecular weight is 597 g/mol. The van der Waals surface area contributed by atoms with E-state index in [1.807, 2.05) is 11.8 Å². The van der Waals surface area contributed by atoms with Crippen LogP contribution < -0.4 is 0 Å². The third kappa shape index (κ3) is 3.77. The van der Waals surface area contributed by atoms with Gasteiger partial charge in [0.05, 0.1) is 22.2 Å². The van der Waals surface area contributed by atoms with Crippen LogP contribution in [0.2, 0.25) is 0 Å². The summed E-state index contributed by atoms with van der Waals surface area (Å²) >= 11 is 2.04. The lowest BCUT2D eigenvalue weighted by atomic mass is 9.97. The topological polar surface area (TPSA) is 9.86 Å². The molecule has 4 aromatic carbocycles. The minimum Gasteiger partial charge on any atom is -0.310 e. The van der Waals surface area contributed by atoms with Gasteiger partial charge in [-0.05, 0) is 108 Å². The number of rotatable bonds is 3. The number of fused-ring (bicyclic) bond motifs is 9. The molecule has 4 aliphatic rings. The van der Waals surface area contributed by atoms with E-state index in [0.29, 0.717) is 5.25 Å². The Morgan fingerprint density at radius 1 is 0.667 bits per heavy atom. The van der Waals surface area contributed by atoms with Crippen LogP contribution >= 0.6 is 11.8 Å². The van der Waals surface area contributed by atoms with Gasteiger partial charge in [0.2, 0.25) is 0 Å². The summed E-state index contributed by atoms with van der Waals surface area (Å²) in [6.07, 6.45) is 24.0. The molecule has 3 heteroatoms. The molecule has 10 rings (SSSR count). The van der Waals surface area contributed by atoms with Gasteiger partial charge >= 0.3 is 0 Å². The number of nitrogens with zero attached hydrogens (tertiary/aromatic N) is 2. The summed E-state index contributed by atoms with van der Waals surface area (Å²) in [5, 5.41) is 4.53. The molecule has 0 spiro atoms. The molecule has 45 heavy (non-hydrogen) atoms. The minimum atomic E-state index is 0.525. The number of thioether (sulfide) groups is 1. The van der Waals surface area contributed by atoms with Gasteiger partial charge in [0.15, 0.2) is 0 Å². The van der Waals surface area contributed by atoms with E-state index >= 15 is 0 Å². The molecule has 0 bridgehead atoms. The van der Waals surface area contributed by atoms with E-state index in [1.54, 1.807) is 0 Å². The predicted octanol–water partition coefficient (Wildman–Crippen LogP) is 11.4. The van der Waals surface area contributed by atoms with Crippen molar-refractivity contribution in [3.63, 3.8) is 0 Å². The van der Waals surface area contributed by atoms with Crippen LogP contribution in [0.1, 0.15) is 42.5 Å². The second-order valence-corrected chi connectivity index (χ2v) is 13.8. The van der Waals surface area contributed by atoms with Crippen LogP contribution in [0.3, 0.4) is 0 Å². The number of hydrogen-bond acceptors (Lipinski definition) is 1. The molecule has 6 aromatic rings. The molecule has 3 aliphatic carbocycles. The van der Waals surface area contributed by atoms with Crippen LogP contribution in [-0.2, 0) is 6.42 Å². The van der Waals surface area contributed by atoms with E-state index in [-0.39, 0.29) is 0 Å². The molecule has 1 atom stereocenters. The third-order valence-corrected chi connectivity index (χ3v) is 11.5. The van der Waals surface area contributed by atoms with Crippen molar-refractivity contribution < 1.29 is 0 Å². The van der Waals surface area contributed by atoms with E-state index in [1.165, 1.54) is 82.5 Å². The predicted molar refractivity (Wildman–Crippen MR) is 193 cm³/mol. The second kappa shape index (κ2) is 9.89. The summed E-state index contributed by atoms with van der Waals surface area (Å²) in [4.78, 5) is 1.42. The maximum atomic E-state index is 2.55. The Bertz CT molecular complexity index is 2380. The van der Waals surface area contributed by atoms with Crippen LogP contribution in [0.15, 0.2) is 126 Å². The van der Waals surface area contributed by atoms with Crippen LogP contribution in [0.25, 0.3) is 66.9 Å². The fraction of sp³-hybridized carbons (Fsp3) is 0.143. The van der Waals surface area contributed by atoms with Gasteiger partial charge in [-0.25, -0.2) is 0 Å². The van der Waals surface area contributed by atoms with Gasteiger partial charge in [0.25, 0.3) is 0 Å². The maximum absolute atomic E-state index is 2.55. The second-order valence-electron chi connectivity index (χ2n) is 12.6. The van der Waals surface area contributed by atoms with Gasteiger partial charge in [0, 0.05) is 37.7 Å². The zero-order chi connectivity index (χ0) is 29.5. The third-order valence-electron chi connectivity index (χ3n) is 10.1. The summed E-state index contributed by atoms with van der Waals surface area (Å²) in [6.45, 7) is 0. The molecular weight excluding hydrogens is 565 g/mol. The molecule has 1 unspecified atom stereocenters. The summed E-state index contributed by atoms with van der Waals surface area (Å²) in [7, 11) is 0. The van der Waals surface area contributed by atoms with E-state index in [2.05, 4.69) is 137 Å². The number of para-hydroxylation sites is 1. The maximum Gasteiger partial charge on any atom is 0.0604 e. The Kier molecular flexibility index (Phi) is 5.62. The Balaban J connectivity index is 1.15. The number of aryl methyl sites for hydroxylation is 1. The molecule has 3 heterocycles. The van der Waals surface area contributed by atoms with Crippen molar-refractivity contribution in [2.75, 3.05) is 0 Å². The number of hydrogen-bond donors (Lipinski definition) is 0. The van der Waals surface area contributed by atoms with Crippen molar-refractivity contribution in [1.29, 1.82) is 0 Å². The van der Waals surface area contributed by atoms with Crippen molar-refractivity contribution in [2.24, 2.45) is 0 Å². The average Bonchev–Trinajstić information content (AvgIpc) is 3.76. The van der Waals surface area contributed by atoms with E-state index in [9.17, 15) is 0 Å². The monoisotopic (exact) mass is 596 g/mol. The summed E-state index contributed by atoms with van der Waals surface area (Å²) in [5.41, 5.74) is 14.7. The van der Waals surface area contributed by atoms with Gasteiger partial charge in [-0.15, -0.1) is 11.8 Å². The highest BCUT2D eigenvalue weighted by molar-refractivity contribution is 8.01. The number of benzene rings is 4. The molecule has 0 N–H and O–H groups in total. The number of allylic oxidation sites excluding steroid dienone is 8. The van der Waals surface area contributed by atoms with E-state index in [4.69, 9.17) is 0 Å². The van der Waals surface area contributed by atoms with Gasteiger partial charge in [-0.1, -0.05) is 78.9 Å². The van der Waals surface area contributed by atoms with Crippen molar-refractivity contribution in [3.8, 4) is 16.8 Å². The minimum absolute atomic E-state index is 0.525. The molecule has 0 radical (unpaired) electrons. The lowest BCUT2D eigenvalue weighted by Crippen LogP contribution is -2.02. The van der Waals surface area contributed by atoms with Crippen LogP contribution in [0, 0.1) is 0 Å². The van der Waals surface area contributed by atoms with E-state index < -0.39 is 0 Å².